The smallest absolute Gasteiger partial charge is 0.317 e. The fraction of sp³-hybridized carbons (Fsp3) is 0.300. The number of rotatable bonds is 5. The Morgan fingerprint density at radius 2 is 2.07 bits per heavy atom. The number of carboxylic acids is 1. The molecule has 0 bridgehead atoms. The second-order valence-corrected chi connectivity index (χ2v) is 3.07. The monoisotopic (exact) mass is 194 g/mol. The molecule has 1 aromatic carbocycles. The average molecular weight is 194 g/mol. The van der Waals surface area contributed by atoms with E-state index >= 15 is 0 Å². The van der Waals surface area contributed by atoms with Crippen LogP contribution < -0.4 is 11.1 Å². The number of nitrogens with one attached hydrogen (secondary N) is 1. The first-order valence-electron chi connectivity index (χ1n) is 4.43. The Balaban J connectivity index is 2.34. The normalized spacial score (nSPS) is 12.4. The Hall–Kier alpha value is -1.39. The maximum atomic E-state index is 10.2. The van der Waals surface area contributed by atoms with E-state index in [0.717, 1.165) is 5.56 Å². The lowest BCUT2D eigenvalue weighted by atomic mass is 10.1. The Morgan fingerprint density at radius 1 is 1.43 bits per heavy atom. The number of nitrogens with two attached hydrogens (primary N) is 1. The van der Waals surface area contributed by atoms with E-state index in [1.165, 1.54) is 0 Å². The zero-order valence-electron chi connectivity index (χ0n) is 7.81. The second kappa shape index (κ2) is 5.36. The third-order valence-corrected chi connectivity index (χ3v) is 1.81. The first kappa shape index (κ1) is 10.7. The molecular formula is C10H14N2O2. The van der Waals surface area contributed by atoms with E-state index in [0.29, 0.717) is 6.42 Å². The van der Waals surface area contributed by atoms with Crippen molar-refractivity contribution >= 4 is 5.97 Å². The van der Waals surface area contributed by atoms with Crippen LogP contribution in [-0.2, 0) is 11.2 Å². The largest absolute Gasteiger partial charge is 0.480 e. The van der Waals surface area contributed by atoms with Gasteiger partial charge in [0.2, 0.25) is 0 Å². The van der Waals surface area contributed by atoms with Gasteiger partial charge in [-0.25, -0.2) is 0 Å². The Morgan fingerprint density at radius 3 is 2.64 bits per heavy atom. The molecule has 0 aromatic heterocycles. The van der Waals surface area contributed by atoms with Gasteiger partial charge in [-0.05, 0) is 5.56 Å². The van der Waals surface area contributed by atoms with E-state index in [1.807, 2.05) is 30.3 Å². The minimum atomic E-state index is -0.895. The van der Waals surface area contributed by atoms with Crippen molar-refractivity contribution in [1.29, 1.82) is 0 Å². The summed E-state index contributed by atoms with van der Waals surface area (Å²) in [6, 6.07) is 9.71. The summed E-state index contributed by atoms with van der Waals surface area (Å²) < 4.78 is 0. The highest BCUT2D eigenvalue weighted by Crippen LogP contribution is 1.99. The molecule has 4 heteroatoms. The number of benzene rings is 1. The highest BCUT2D eigenvalue weighted by atomic mass is 16.4. The third kappa shape index (κ3) is 4.02. The summed E-state index contributed by atoms with van der Waals surface area (Å²) in [6.07, 6.45) is 0.321. The Labute approximate surface area is 82.7 Å². The molecule has 0 heterocycles. The van der Waals surface area contributed by atoms with Crippen LogP contribution in [0.4, 0.5) is 0 Å². The maximum absolute atomic E-state index is 10.2. The van der Waals surface area contributed by atoms with Gasteiger partial charge < -0.3 is 10.8 Å². The molecule has 0 aliphatic heterocycles. The van der Waals surface area contributed by atoms with Gasteiger partial charge in [0.25, 0.3) is 0 Å². The molecule has 4 N–H and O–H groups in total. The number of hydrogen-bond acceptors (Lipinski definition) is 3. The number of carboxylic acid groups (broad SMARTS) is 1. The lowest BCUT2D eigenvalue weighted by Gasteiger charge is -2.11. The van der Waals surface area contributed by atoms with Gasteiger partial charge in [0.1, 0.15) is 0 Å². The van der Waals surface area contributed by atoms with E-state index in [4.69, 9.17) is 10.8 Å². The minimum Gasteiger partial charge on any atom is -0.480 e. The first-order valence-corrected chi connectivity index (χ1v) is 4.43. The predicted octanol–water partition coefficient (Wildman–Crippen LogP) is 0.188. The molecule has 1 rings (SSSR count). The fourth-order valence-corrected chi connectivity index (χ4v) is 1.16. The molecule has 0 saturated heterocycles. The van der Waals surface area contributed by atoms with Crippen LogP contribution in [0.3, 0.4) is 0 Å². The van der Waals surface area contributed by atoms with E-state index in [2.05, 4.69) is 5.32 Å². The number of aliphatic carboxylic acids is 1. The molecule has 0 fully saturated rings. The summed E-state index contributed by atoms with van der Waals surface area (Å²) in [7, 11) is 0. The van der Waals surface area contributed by atoms with Crippen molar-refractivity contribution in [3.8, 4) is 0 Å². The van der Waals surface area contributed by atoms with Gasteiger partial charge in [-0.15, -0.1) is 0 Å². The lowest BCUT2D eigenvalue weighted by Crippen LogP contribution is -2.41. The summed E-state index contributed by atoms with van der Waals surface area (Å²) in [5, 5.41) is 11.1. The minimum absolute atomic E-state index is 0.103. The summed E-state index contributed by atoms with van der Waals surface area (Å²) in [5.74, 6) is -0.895. The summed E-state index contributed by atoms with van der Waals surface area (Å²) in [6.45, 7) is -0.103. The molecule has 1 atom stereocenters. The lowest BCUT2D eigenvalue weighted by molar-refractivity contribution is -0.136. The van der Waals surface area contributed by atoms with Crippen LogP contribution in [0.25, 0.3) is 0 Å². The maximum Gasteiger partial charge on any atom is 0.317 e. The molecule has 14 heavy (non-hydrogen) atoms. The predicted molar refractivity (Wildman–Crippen MR) is 53.8 cm³/mol. The molecule has 4 nitrogen and oxygen atoms in total. The molecular weight excluding hydrogens is 180 g/mol. The van der Waals surface area contributed by atoms with Crippen LogP contribution in [0.1, 0.15) is 5.56 Å². The van der Waals surface area contributed by atoms with Crippen LogP contribution in [-0.4, -0.2) is 23.8 Å². The first-order chi connectivity index (χ1) is 6.68. The van der Waals surface area contributed by atoms with Crippen molar-refractivity contribution in [2.45, 2.75) is 12.6 Å². The number of carbonyl (C=O) groups is 1. The summed E-state index contributed by atoms with van der Waals surface area (Å²) >= 11 is 0. The average Bonchev–Trinajstić information content (AvgIpc) is 2.16. The summed E-state index contributed by atoms with van der Waals surface area (Å²) in [5.41, 5.74) is 6.77. The third-order valence-electron chi connectivity index (χ3n) is 1.81. The van der Waals surface area contributed by atoms with Crippen LogP contribution in [0, 0.1) is 0 Å². The molecule has 0 amide bonds. The van der Waals surface area contributed by atoms with E-state index < -0.39 is 5.97 Å². The molecule has 0 aliphatic rings. The van der Waals surface area contributed by atoms with Crippen molar-refractivity contribution in [2.75, 3.05) is 6.54 Å². The molecule has 1 aromatic rings. The topological polar surface area (TPSA) is 75.3 Å². The molecule has 0 aliphatic carbocycles. The van der Waals surface area contributed by atoms with Crippen LogP contribution in [0.2, 0.25) is 0 Å². The quantitative estimate of drug-likeness (QED) is 0.585. The molecule has 0 saturated carbocycles. The standard InChI is InChI=1S/C10H14N2O2/c11-9(12-7-10(13)14)6-8-4-2-1-3-5-8/h1-5,9,12H,6-7,11H2,(H,13,14). The van der Waals surface area contributed by atoms with Gasteiger partial charge in [-0.3, -0.25) is 10.1 Å². The van der Waals surface area contributed by atoms with E-state index in [-0.39, 0.29) is 12.7 Å². The highest BCUT2D eigenvalue weighted by molar-refractivity contribution is 5.69. The highest BCUT2D eigenvalue weighted by Gasteiger charge is 2.04. The van der Waals surface area contributed by atoms with Crippen LogP contribution in [0.15, 0.2) is 30.3 Å². The zero-order valence-corrected chi connectivity index (χ0v) is 7.81. The molecule has 0 spiro atoms. The zero-order chi connectivity index (χ0) is 10.4. The van der Waals surface area contributed by atoms with Crippen molar-refractivity contribution in [3.05, 3.63) is 35.9 Å². The van der Waals surface area contributed by atoms with Gasteiger partial charge >= 0.3 is 5.97 Å². The molecule has 1 unspecified atom stereocenters. The van der Waals surface area contributed by atoms with Gasteiger partial charge in [0.05, 0.1) is 12.7 Å². The van der Waals surface area contributed by atoms with Crippen molar-refractivity contribution < 1.29 is 9.90 Å². The van der Waals surface area contributed by atoms with Crippen molar-refractivity contribution in [3.63, 3.8) is 0 Å². The van der Waals surface area contributed by atoms with Crippen LogP contribution in [0.5, 0.6) is 0 Å². The van der Waals surface area contributed by atoms with E-state index in [9.17, 15) is 4.79 Å². The Bertz CT molecular complexity index is 287. The molecule has 76 valence electrons. The second-order valence-electron chi connectivity index (χ2n) is 3.07. The van der Waals surface area contributed by atoms with Crippen molar-refractivity contribution in [1.82, 2.24) is 5.32 Å². The van der Waals surface area contributed by atoms with Gasteiger partial charge in [0, 0.05) is 6.42 Å². The van der Waals surface area contributed by atoms with Gasteiger partial charge in [-0.2, -0.15) is 0 Å². The molecule has 0 radical (unpaired) electrons. The van der Waals surface area contributed by atoms with E-state index in [1.54, 1.807) is 0 Å². The van der Waals surface area contributed by atoms with Gasteiger partial charge in [0.15, 0.2) is 0 Å². The Kier molecular flexibility index (Phi) is 4.10. The van der Waals surface area contributed by atoms with Crippen LogP contribution >= 0.6 is 0 Å². The fourth-order valence-electron chi connectivity index (χ4n) is 1.16. The number of hydrogen-bond donors (Lipinski definition) is 3. The van der Waals surface area contributed by atoms with Crippen molar-refractivity contribution in [2.24, 2.45) is 5.73 Å². The SMILES string of the molecule is NC(Cc1ccccc1)NCC(=O)O. The summed E-state index contributed by atoms with van der Waals surface area (Å²) in [4.78, 5) is 10.2. The van der Waals surface area contributed by atoms with Gasteiger partial charge in [-0.1, -0.05) is 30.3 Å².